The summed E-state index contributed by atoms with van der Waals surface area (Å²) in [4.78, 5) is 8.88. The SMILES string of the molecule is O[C@H]1[C@H](CNCc2cnc3ccccc3n2)COC[C@H]1O. The molecule has 0 bridgehead atoms. The number of aliphatic hydroxyl groups is 2. The van der Waals surface area contributed by atoms with Gasteiger partial charge in [-0.15, -0.1) is 0 Å². The number of aliphatic hydroxyl groups excluding tert-OH is 2. The topological polar surface area (TPSA) is 87.5 Å². The Morgan fingerprint density at radius 3 is 2.86 bits per heavy atom. The smallest absolute Gasteiger partial charge is 0.104 e. The van der Waals surface area contributed by atoms with Gasteiger partial charge < -0.3 is 20.3 Å². The number of ether oxygens (including phenoxy) is 1. The molecule has 0 radical (unpaired) electrons. The average molecular weight is 289 g/mol. The summed E-state index contributed by atoms with van der Waals surface area (Å²) in [6.07, 6.45) is 0.206. The van der Waals surface area contributed by atoms with Crippen molar-refractivity contribution in [3.63, 3.8) is 0 Å². The molecule has 3 N–H and O–H groups in total. The second-order valence-electron chi connectivity index (χ2n) is 5.34. The minimum Gasteiger partial charge on any atom is -0.390 e. The highest BCUT2D eigenvalue weighted by molar-refractivity contribution is 5.73. The van der Waals surface area contributed by atoms with Crippen molar-refractivity contribution in [2.45, 2.75) is 18.8 Å². The van der Waals surface area contributed by atoms with Gasteiger partial charge in [0.2, 0.25) is 0 Å². The van der Waals surface area contributed by atoms with Crippen molar-refractivity contribution in [2.75, 3.05) is 19.8 Å². The van der Waals surface area contributed by atoms with Gasteiger partial charge >= 0.3 is 0 Å². The molecular formula is C15H19N3O3. The predicted octanol–water partition coefficient (Wildman–Crippen LogP) is 0.0876. The number of nitrogens with zero attached hydrogens (tertiary/aromatic N) is 2. The Kier molecular flexibility index (Phi) is 4.40. The minimum atomic E-state index is -0.800. The maximum Gasteiger partial charge on any atom is 0.104 e. The molecule has 21 heavy (non-hydrogen) atoms. The molecule has 3 atom stereocenters. The number of aromatic nitrogens is 2. The fourth-order valence-corrected chi connectivity index (χ4v) is 2.50. The molecule has 0 saturated carbocycles. The first-order valence-corrected chi connectivity index (χ1v) is 7.09. The van der Waals surface area contributed by atoms with Crippen LogP contribution in [0.4, 0.5) is 0 Å². The van der Waals surface area contributed by atoms with Gasteiger partial charge in [-0.2, -0.15) is 0 Å². The van der Waals surface area contributed by atoms with Crippen LogP contribution in [-0.2, 0) is 11.3 Å². The predicted molar refractivity (Wildman–Crippen MR) is 77.6 cm³/mol. The van der Waals surface area contributed by atoms with Gasteiger partial charge in [0.15, 0.2) is 0 Å². The Labute approximate surface area is 122 Å². The van der Waals surface area contributed by atoms with E-state index in [-0.39, 0.29) is 12.5 Å². The third-order valence-electron chi connectivity index (χ3n) is 3.71. The summed E-state index contributed by atoms with van der Waals surface area (Å²) in [5.41, 5.74) is 2.59. The van der Waals surface area contributed by atoms with E-state index in [1.54, 1.807) is 6.20 Å². The van der Waals surface area contributed by atoms with Crippen LogP contribution in [0.25, 0.3) is 11.0 Å². The van der Waals surface area contributed by atoms with Gasteiger partial charge in [0, 0.05) is 19.0 Å². The van der Waals surface area contributed by atoms with E-state index in [9.17, 15) is 10.2 Å². The van der Waals surface area contributed by atoms with Crippen LogP contribution in [0, 0.1) is 5.92 Å². The summed E-state index contributed by atoms with van der Waals surface area (Å²) < 4.78 is 5.25. The number of benzene rings is 1. The first-order chi connectivity index (χ1) is 10.2. The first kappa shape index (κ1) is 14.3. The lowest BCUT2D eigenvalue weighted by atomic mass is 9.96. The molecule has 1 saturated heterocycles. The van der Waals surface area contributed by atoms with Crippen molar-refractivity contribution in [3.8, 4) is 0 Å². The van der Waals surface area contributed by atoms with E-state index >= 15 is 0 Å². The van der Waals surface area contributed by atoms with Crippen molar-refractivity contribution < 1.29 is 14.9 Å². The van der Waals surface area contributed by atoms with E-state index in [1.807, 2.05) is 24.3 Å². The van der Waals surface area contributed by atoms with E-state index in [4.69, 9.17) is 4.74 Å². The van der Waals surface area contributed by atoms with E-state index in [1.165, 1.54) is 0 Å². The first-order valence-electron chi connectivity index (χ1n) is 7.09. The van der Waals surface area contributed by atoms with Gasteiger partial charge in [-0.25, -0.2) is 4.98 Å². The maximum atomic E-state index is 9.88. The van der Waals surface area contributed by atoms with Crippen LogP contribution in [0.2, 0.25) is 0 Å². The van der Waals surface area contributed by atoms with Crippen LogP contribution >= 0.6 is 0 Å². The molecule has 1 aliphatic rings. The van der Waals surface area contributed by atoms with Crippen LogP contribution in [0.1, 0.15) is 5.69 Å². The molecule has 0 spiro atoms. The molecule has 2 heterocycles. The molecule has 0 aliphatic carbocycles. The molecule has 1 aromatic carbocycles. The van der Waals surface area contributed by atoms with Gasteiger partial charge in [-0.05, 0) is 12.1 Å². The lowest BCUT2D eigenvalue weighted by molar-refractivity contribution is -0.119. The molecule has 3 rings (SSSR count). The molecule has 0 unspecified atom stereocenters. The molecule has 1 aliphatic heterocycles. The molecule has 2 aromatic rings. The van der Waals surface area contributed by atoms with Gasteiger partial charge in [0.1, 0.15) is 6.10 Å². The van der Waals surface area contributed by atoms with Crippen molar-refractivity contribution in [1.29, 1.82) is 0 Å². The molecular weight excluding hydrogens is 270 g/mol. The zero-order valence-electron chi connectivity index (χ0n) is 11.6. The number of rotatable bonds is 4. The highest BCUT2D eigenvalue weighted by atomic mass is 16.5. The van der Waals surface area contributed by atoms with Gasteiger partial charge in [0.25, 0.3) is 0 Å². The molecule has 1 aromatic heterocycles. The fourth-order valence-electron chi connectivity index (χ4n) is 2.50. The molecule has 112 valence electrons. The van der Waals surface area contributed by atoms with Crippen LogP contribution in [-0.4, -0.2) is 52.1 Å². The summed E-state index contributed by atoms with van der Waals surface area (Å²) in [7, 11) is 0. The zero-order chi connectivity index (χ0) is 14.7. The van der Waals surface area contributed by atoms with E-state index < -0.39 is 12.2 Å². The van der Waals surface area contributed by atoms with E-state index in [0.717, 1.165) is 16.7 Å². The number of hydrogen-bond donors (Lipinski definition) is 3. The Bertz CT molecular complexity index is 607. The summed E-state index contributed by atoms with van der Waals surface area (Å²) in [6.45, 7) is 1.78. The highest BCUT2D eigenvalue weighted by Crippen LogP contribution is 2.14. The monoisotopic (exact) mass is 289 g/mol. The molecule has 0 amide bonds. The normalized spacial score (nSPS) is 26.1. The maximum absolute atomic E-state index is 9.88. The Balaban J connectivity index is 1.56. The lowest BCUT2D eigenvalue weighted by Gasteiger charge is -2.31. The third-order valence-corrected chi connectivity index (χ3v) is 3.71. The summed E-state index contributed by atoms with van der Waals surface area (Å²) >= 11 is 0. The van der Waals surface area contributed by atoms with Crippen LogP contribution < -0.4 is 5.32 Å². The second kappa shape index (κ2) is 6.44. The molecule has 1 fully saturated rings. The summed E-state index contributed by atoms with van der Waals surface area (Å²) in [6, 6.07) is 7.73. The summed E-state index contributed by atoms with van der Waals surface area (Å²) in [5.74, 6) is -0.109. The fraction of sp³-hybridized carbons (Fsp3) is 0.467. The Morgan fingerprint density at radius 2 is 2.00 bits per heavy atom. The number of para-hydroxylation sites is 2. The third kappa shape index (κ3) is 3.36. The van der Waals surface area contributed by atoms with Crippen molar-refractivity contribution >= 4 is 11.0 Å². The Morgan fingerprint density at radius 1 is 1.19 bits per heavy atom. The van der Waals surface area contributed by atoms with Crippen LogP contribution in [0.15, 0.2) is 30.5 Å². The second-order valence-corrected chi connectivity index (χ2v) is 5.34. The van der Waals surface area contributed by atoms with Gasteiger partial charge in [-0.1, -0.05) is 12.1 Å². The zero-order valence-corrected chi connectivity index (χ0v) is 11.6. The number of fused-ring (bicyclic) bond motifs is 1. The highest BCUT2D eigenvalue weighted by Gasteiger charge is 2.30. The number of hydrogen-bond acceptors (Lipinski definition) is 6. The minimum absolute atomic E-state index is 0.109. The Hall–Kier alpha value is -1.60. The van der Waals surface area contributed by atoms with Crippen molar-refractivity contribution in [3.05, 3.63) is 36.2 Å². The van der Waals surface area contributed by atoms with E-state index in [2.05, 4.69) is 15.3 Å². The lowest BCUT2D eigenvalue weighted by Crippen LogP contribution is -2.47. The standard InChI is InChI=1S/C15H19N3O3/c19-14-9-21-8-10(15(14)20)5-16-6-11-7-17-12-3-1-2-4-13(12)18-11/h1-4,7,10,14-16,19-20H,5-6,8-9H2/t10-,14-,15+/m1/s1. The number of nitrogens with one attached hydrogen (secondary N) is 1. The van der Waals surface area contributed by atoms with Crippen molar-refractivity contribution in [2.24, 2.45) is 5.92 Å². The summed E-state index contributed by atoms with van der Waals surface area (Å²) in [5, 5.41) is 22.7. The molecule has 6 heteroatoms. The van der Waals surface area contributed by atoms with Crippen LogP contribution in [0.3, 0.4) is 0 Å². The van der Waals surface area contributed by atoms with Gasteiger partial charge in [-0.3, -0.25) is 4.98 Å². The van der Waals surface area contributed by atoms with Crippen LogP contribution in [0.5, 0.6) is 0 Å². The molecule has 6 nitrogen and oxygen atoms in total. The van der Waals surface area contributed by atoms with Crippen molar-refractivity contribution in [1.82, 2.24) is 15.3 Å². The van der Waals surface area contributed by atoms with E-state index in [0.29, 0.717) is 19.7 Å². The largest absolute Gasteiger partial charge is 0.390 e. The average Bonchev–Trinajstić information content (AvgIpc) is 2.51. The van der Waals surface area contributed by atoms with Gasteiger partial charge in [0.05, 0.1) is 42.2 Å². The quantitative estimate of drug-likeness (QED) is 0.739.